The summed E-state index contributed by atoms with van der Waals surface area (Å²) in [5.41, 5.74) is 2.76. The highest BCUT2D eigenvalue weighted by Crippen LogP contribution is 2.43. The fourth-order valence-corrected chi connectivity index (χ4v) is 5.33. The van der Waals surface area contributed by atoms with E-state index in [0.29, 0.717) is 16.5 Å². The van der Waals surface area contributed by atoms with Crippen LogP contribution in [-0.4, -0.2) is 30.7 Å². The van der Waals surface area contributed by atoms with Gasteiger partial charge in [-0.15, -0.1) is 11.3 Å². The molecule has 5 rings (SSSR count). The van der Waals surface area contributed by atoms with E-state index in [1.54, 1.807) is 17.4 Å². The summed E-state index contributed by atoms with van der Waals surface area (Å²) in [5, 5.41) is 7.96. The molecule has 1 aromatic heterocycles. The van der Waals surface area contributed by atoms with E-state index in [2.05, 4.69) is 22.5 Å². The Labute approximate surface area is 160 Å². The van der Waals surface area contributed by atoms with Gasteiger partial charge in [0.1, 0.15) is 11.2 Å². The van der Waals surface area contributed by atoms with Crippen LogP contribution < -0.4 is 20.1 Å². The van der Waals surface area contributed by atoms with Crippen molar-refractivity contribution in [2.45, 2.75) is 26.1 Å². The number of thiophene rings is 1. The van der Waals surface area contributed by atoms with Crippen LogP contribution in [-0.2, 0) is 13.0 Å². The van der Waals surface area contributed by atoms with Gasteiger partial charge in [-0.25, -0.2) is 0 Å². The Hall–Kier alpha value is -1.96. The molecule has 0 radical (unpaired) electrons. The zero-order valence-corrected chi connectivity index (χ0v) is 15.8. The second-order valence-corrected chi connectivity index (χ2v) is 8.12. The lowest BCUT2D eigenvalue weighted by atomic mass is 10.00. The van der Waals surface area contributed by atoms with E-state index < -0.39 is 0 Å². The van der Waals surface area contributed by atoms with E-state index in [1.807, 2.05) is 6.07 Å². The minimum absolute atomic E-state index is 0.0417. The fourth-order valence-electron chi connectivity index (χ4n) is 3.75. The molecular weight excluding hydrogens is 374 g/mol. The van der Waals surface area contributed by atoms with E-state index in [-0.39, 0.29) is 18.9 Å². The van der Waals surface area contributed by atoms with Crippen molar-refractivity contribution in [3.63, 3.8) is 0 Å². The molecule has 0 bridgehead atoms. The third-order valence-electron chi connectivity index (χ3n) is 5.16. The summed E-state index contributed by atoms with van der Waals surface area (Å²) in [6, 6.07) is 3.57. The molecule has 0 fully saturated rings. The van der Waals surface area contributed by atoms with Gasteiger partial charge in [0.2, 0.25) is 6.79 Å². The molecule has 26 heavy (non-hydrogen) atoms. The summed E-state index contributed by atoms with van der Waals surface area (Å²) in [6.45, 7) is 5.29. The van der Waals surface area contributed by atoms with Gasteiger partial charge >= 0.3 is 0 Å². The molecule has 8 heteroatoms. The van der Waals surface area contributed by atoms with Crippen molar-refractivity contribution >= 4 is 33.8 Å². The first-order chi connectivity index (χ1) is 12.6. The Bertz CT molecular complexity index is 914. The number of amides is 1. The van der Waals surface area contributed by atoms with Gasteiger partial charge in [-0.3, -0.25) is 9.69 Å². The molecule has 1 amide bonds. The number of carbonyl (C=O) groups excluding carboxylic acids is 1. The Morgan fingerprint density at radius 1 is 1.31 bits per heavy atom. The first-order valence-corrected chi connectivity index (χ1v) is 9.87. The average molecular weight is 392 g/mol. The van der Waals surface area contributed by atoms with Crippen LogP contribution in [0.25, 0.3) is 0 Å². The fraction of sp³-hybridized carbons (Fsp3) is 0.389. The summed E-state index contributed by atoms with van der Waals surface area (Å²) < 4.78 is 10.8. The van der Waals surface area contributed by atoms with Gasteiger partial charge in [-0.1, -0.05) is 18.5 Å². The van der Waals surface area contributed by atoms with Crippen molar-refractivity contribution in [1.29, 1.82) is 0 Å². The van der Waals surface area contributed by atoms with Crippen LogP contribution in [0.2, 0.25) is 5.02 Å². The molecule has 0 spiro atoms. The molecule has 1 aromatic carbocycles. The maximum atomic E-state index is 12.8. The van der Waals surface area contributed by atoms with E-state index in [1.165, 1.54) is 10.4 Å². The third kappa shape index (κ3) is 2.46. The molecular formula is C18H18ClN3O3S. The van der Waals surface area contributed by atoms with Crippen molar-refractivity contribution in [3.05, 3.63) is 38.7 Å². The number of nitrogens with one attached hydrogen (secondary N) is 2. The predicted molar refractivity (Wildman–Crippen MR) is 100 cm³/mol. The topological polar surface area (TPSA) is 62.8 Å². The highest BCUT2D eigenvalue weighted by atomic mass is 35.5. The van der Waals surface area contributed by atoms with Crippen LogP contribution in [0.3, 0.4) is 0 Å². The number of hydrogen-bond acceptors (Lipinski definition) is 6. The Morgan fingerprint density at radius 3 is 2.92 bits per heavy atom. The molecule has 2 N–H and O–H groups in total. The zero-order chi connectivity index (χ0) is 17.8. The number of fused-ring (bicyclic) bond motifs is 4. The second-order valence-electron chi connectivity index (χ2n) is 6.60. The van der Waals surface area contributed by atoms with Crippen molar-refractivity contribution in [3.8, 4) is 11.5 Å². The quantitative estimate of drug-likeness (QED) is 0.821. The van der Waals surface area contributed by atoms with Gasteiger partial charge in [0, 0.05) is 29.6 Å². The zero-order valence-electron chi connectivity index (χ0n) is 14.2. The molecule has 3 aliphatic heterocycles. The molecule has 1 atom stereocenters. The summed E-state index contributed by atoms with van der Waals surface area (Å²) in [4.78, 5) is 16.5. The molecule has 0 saturated carbocycles. The maximum absolute atomic E-state index is 12.8. The van der Waals surface area contributed by atoms with Gasteiger partial charge in [0.25, 0.3) is 5.91 Å². The van der Waals surface area contributed by atoms with Crippen molar-refractivity contribution in [2.24, 2.45) is 0 Å². The molecule has 0 aliphatic carbocycles. The first kappa shape index (κ1) is 16.2. The van der Waals surface area contributed by atoms with Crippen molar-refractivity contribution < 1.29 is 14.3 Å². The van der Waals surface area contributed by atoms with E-state index in [4.69, 9.17) is 21.1 Å². The van der Waals surface area contributed by atoms with Crippen molar-refractivity contribution in [1.82, 2.24) is 10.2 Å². The molecule has 136 valence electrons. The van der Waals surface area contributed by atoms with Gasteiger partial charge in [-0.05, 0) is 24.6 Å². The number of anilines is 1. The van der Waals surface area contributed by atoms with Crippen LogP contribution in [0, 0.1) is 0 Å². The SMILES string of the molecule is CCN1CCc2c(sc3c2C(=O)NC(c2cc4c(cc2Cl)OCO4)N3)C1. The second kappa shape index (κ2) is 6.04. The monoisotopic (exact) mass is 391 g/mol. The molecule has 1 unspecified atom stereocenters. The van der Waals surface area contributed by atoms with Crippen LogP contribution >= 0.6 is 22.9 Å². The Kier molecular flexibility index (Phi) is 3.77. The molecule has 4 heterocycles. The number of rotatable bonds is 2. The smallest absolute Gasteiger partial charge is 0.256 e. The first-order valence-electron chi connectivity index (χ1n) is 8.67. The normalized spacial score (nSPS) is 21.0. The van der Waals surface area contributed by atoms with Gasteiger partial charge in [0.05, 0.1) is 10.6 Å². The van der Waals surface area contributed by atoms with Crippen LogP contribution in [0.1, 0.15) is 39.5 Å². The standard InChI is InChI=1S/C18H18ClN3O3S/c1-2-22-4-3-9-14(7-22)26-18-15(9)17(23)20-16(21-18)10-5-12-13(6-11(10)19)25-8-24-12/h5-6,16,21H,2-4,7-8H2,1H3,(H,20,23). The highest BCUT2D eigenvalue weighted by molar-refractivity contribution is 7.16. The van der Waals surface area contributed by atoms with Crippen molar-refractivity contribution in [2.75, 3.05) is 25.2 Å². The van der Waals surface area contributed by atoms with Crippen LogP contribution in [0.5, 0.6) is 11.5 Å². The molecule has 2 aromatic rings. The molecule has 0 saturated heterocycles. The summed E-state index contributed by atoms with van der Waals surface area (Å²) in [7, 11) is 0. The summed E-state index contributed by atoms with van der Waals surface area (Å²) in [6.07, 6.45) is 0.527. The van der Waals surface area contributed by atoms with E-state index in [9.17, 15) is 4.79 Å². The minimum atomic E-state index is -0.389. The van der Waals surface area contributed by atoms with E-state index >= 15 is 0 Å². The summed E-state index contributed by atoms with van der Waals surface area (Å²) >= 11 is 8.10. The lowest BCUT2D eigenvalue weighted by Gasteiger charge is -2.28. The summed E-state index contributed by atoms with van der Waals surface area (Å²) in [5.74, 6) is 1.24. The third-order valence-corrected chi connectivity index (χ3v) is 6.64. The lowest BCUT2D eigenvalue weighted by molar-refractivity contribution is 0.0934. The Balaban J connectivity index is 1.50. The van der Waals surface area contributed by atoms with Crippen LogP contribution in [0.15, 0.2) is 12.1 Å². The van der Waals surface area contributed by atoms with E-state index in [0.717, 1.165) is 42.2 Å². The number of hydrogen-bond donors (Lipinski definition) is 2. The van der Waals surface area contributed by atoms with Gasteiger partial charge < -0.3 is 20.1 Å². The number of halogens is 1. The van der Waals surface area contributed by atoms with Gasteiger partial charge in [0.15, 0.2) is 11.5 Å². The number of ether oxygens (including phenoxy) is 2. The largest absolute Gasteiger partial charge is 0.454 e. The maximum Gasteiger partial charge on any atom is 0.256 e. The average Bonchev–Trinajstić information content (AvgIpc) is 3.23. The van der Waals surface area contributed by atoms with Crippen LogP contribution in [0.4, 0.5) is 5.00 Å². The number of likely N-dealkylation sites (N-methyl/N-ethyl adjacent to an activating group) is 1. The Morgan fingerprint density at radius 2 is 2.12 bits per heavy atom. The predicted octanol–water partition coefficient (Wildman–Crippen LogP) is 3.36. The minimum Gasteiger partial charge on any atom is -0.454 e. The molecule has 3 aliphatic rings. The van der Waals surface area contributed by atoms with Gasteiger partial charge in [-0.2, -0.15) is 0 Å². The molecule has 6 nitrogen and oxygen atoms in total. The number of benzene rings is 1. The highest BCUT2D eigenvalue weighted by Gasteiger charge is 2.34. The number of carbonyl (C=O) groups is 1. The number of nitrogens with zero attached hydrogens (tertiary/aromatic N) is 1. The lowest BCUT2D eigenvalue weighted by Crippen LogP contribution is -2.39.